The fourth-order valence-corrected chi connectivity index (χ4v) is 3.83. The van der Waals surface area contributed by atoms with Crippen LogP contribution in [0, 0.1) is 5.92 Å². The quantitative estimate of drug-likeness (QED) is 0.835. The molecule has 0 amide bonds. The van der Waals surface area contributed by atoms with E-state index in [-0.39, 0.29) is 0 Å². The normalized spacial score (nSPS) is 22.7. The van der Waals surface area contributed by atoms with Gasteiger partial charge in [0.1, 0.15) is 10.8 Å². The molecule has 1 aliphatic rings. The number of rotatable bonds is 3. The summed E-state index contributed by atoms with van der Waals surface area (Å²) in [6.45, 7) is 2.36. The summed E-state index contributed by atoms with van der Waals surface area (Å²) >= 11 is 1.47. The van der Waals surface area contributed by atoms with E-state index in [2.05, 4.69) is 21.6 Å². The molecule has 2 atom stereocenters. The lowest BCUT2D eigenvalue weighted by Gasteiger charge is -2.17. The number of nitrogens with zero attached hydrogens (tertiary/aromatic N) is 2. The van der Waals surface area contributed by atoms with Crippen molar-refractivity contribution in [2.75, 3.05) is 11.1 Å². The van der Waals surface area contributed by atoms with E-state index in [1.54, 1.807) is 12.4 Å². The fraction of sp³-hybridized carbons (Fsp3) is 0.500. The molecule has 21 heavy (non-hydrogen) atoms. The van der Waals surface area contributed by atoms with Crippen LogP contribution in [0.5, 0.6) is 0 Å². The zero-order valence-electron chi connectivity index (χ0n) is 12.4. The molecule has 4 nitrogen and oxygen atoms in total. The molecule has 2 aromatic heterocycles. The first kappa shape index (κ1) is 14.3. The molecule has 2 heterocycles. The molecule has 2 aromatic rings. The van der Waals surface area contributed by atoms with Crippen molar-refractivity contribution in [1.82, 2.24) is 9.36 Å². The zero-order chi connectivity index (χ0) is 14.7. The van der Waals surface area contributed by atoms with Crippen molar-refractivity contribution in [2.24, 2.45) is 5.92 Å². The van der Waals surface area contributed by atoms with Gasteiger partial charge in [0, 0.05) is 18.4 Å². The van der Waals surface area contributed by atoms with Crippen LogP contribution < -0.4 is 11.1 Å². The minimum Gasteiger partial charge on any atom is -0.382 e. The summed E-state index contributed by atoms with van der Waals surface area (Å²) in [5.41, 5.74) is 8.18. The van der Waals surface area contributed by atoms with Crippen LogP contribution in [0.1, 0.15) is 39.0 Å². The van der Waals surface area contributed by atoms with Crippen LogP contribution in [0.4, 0.5) is 10.8 Å². The average molecular weight is 302 g/mol. The minimum absolute atomic E-state index is 0.537. The Morgan fingerprint density at radius 1 is 1.19 bits per heavy atom. The first-order valence-electron chi connectivity index (χ1n) is 7.66. The molecular weight excluding hydrogens is 280 g/mol. The molecule has 0 saturated heterocycles. The van der Waals surface area contributed by atoms with Crippen LogP contribution in [0.25, 0.3) is 11.1 Å². The van der Waals surface area contributed by atoms with Crippen molar-refractivity contribution >= 4 is 22.4 Å². The highest BCUT2D eigenvalue weighted by atomic mass is 32.1. The van der Waals surface area contributed by atoms with E-state index in [1.807, 2.05) is 12.1 Å². The third kappa shape index (κ3) is 3.35. The Morgan fingerprint density at radius 2 is 2.00 bits per heavy atom. The van der Waals surface area contributed by atoms with Gasteiger partial charge in [-0.25, -0.2) is 0 Å². The van der Waals surface area contributed by atoms with Gasteiger partial charge in [-0.2, -0.15) is 4.37 Å². The van der Waals surface area contributed by atoms with Gasteiger partial charge in [-0.1, -0.05) is 19.8 Å². The summed E-state index contributed by atoms with van der Waals surface area (Å²) < 4.78 is 4.33. The monoisotopic (exact) mass is 302 g/mol. The van der Waals surface area contributed by atoms with E-state index in [1.165, 1.54) is 43.6 Å². The Bertz CT molecular complexity index is 581. The first-order valence-corrected chi connectivity index (χ1v) is 8.43. The third-order valence-electron chi connectivity index (χ3n) is 4.28. The van der Waals surface area contributed by atoms with Gasteiger partial charge in [0.2, 0.25) is 0 Å². The van der Waals surface area contributed by atoms with Gasteiger partial charge in [0.05, 0.1) is 5.56 Å². The van der Waals surface area contributed by atoms with Crippen LogP contribution >= 0.6 is 11.5 Å². The number of aromatic nitrogens is 2. The molecular formula is C16H22N4S. The molecule has 3 N–H and O–H groups in total. The number of pyridine rings is 1. The zero-order valence-corrected chi connectivity index (χ0v) is 13.2. The standard InChI is InChI=1S/C16H22N4S/c1-11-3-2-4-13(6-5-11)19-16-14(15(17)20-21-16)12-7-9-18-10-8-12/h7-11,13,19H,2-6H2,1H3,(H2,17,20). The molecule has 5 heteroatoms. The predicted molar refractivity (Wildman–Crippen MR) is 89.4 cm³/mol. The number of hydrogen-bond acceptors (Lipinski definition) is 5. The van der Waals surface area contributed by atoms with Gasteiger partial charge in [0.25, 0.3) is 0 Å². The summed E-state index contributed by atoms with van der Waals surface area (Å²) in [6.07, 6.45) is 10.0. The second-order valence-corrected chi connectivity index (χ2v) is 6.74. The molecule has 0 spiro atoms. The molecule has 0 radical (unpaired) electrons. The van der Waals surface area contributed by atoms with Gasteiger partial charge in [-0.3, -0.25) is 4.98 Å². The topological polar surface area (TPSA) is 63.8 Å². The second-order valence-electron chi connectivity index (χ2n) is 5.96. The van der Waals surface area contributed by atoms with Crippen molar-refractivity contribution in [2.45, 2.75) is 45.1 Å². The molecule has 1 saturated carbocycles. The smallest absolute Gasteiger partial charge is 0.147 e. The summed E-state index contributed by atoms with van der Waals surface area (Å²) in [7, 11) is 0. The predicted octanol–water partition coefficient (Wildman–Crippen LogP) is 4.17. The lowest BCUT2D eigenvalue weighted by molar-refractivity contribution is 0.502. The van der Waals surface area contributed by atoms with Crippen molar-refractivity contribution in [1.29, 1.82) is 0 Å². The van der Waals surface area contributed by atoms with Gasteiger partial charge < -0.3 is 11.1 Å². The lowest BCUT2D eigenvalue weighted by Crippen LogP contribution is -2.18. The molecule has 1 aliphatic carbocycles. The Labute approximate surface area is 130 Å². The van der Waals surface area contributed by atoms with Crippen LogP contribution in [0.2, 0.25) is 0 Å². The van der Waals surface area contributed by atoms with E-state index >= 15 is 0 Å². The van der Waals surface area contributed by atoms with Crippen molar-refractivity contribution in [3.05, 3.63) is 24.5 Å². The maximum absolute atomic E-state index is 6.07. The summed E-state index contributed by atoms with van der Waals surface area (Å²) in [5.74, 6) is 1.46. The molecule has 0 aromatic carbocycles. The van der Waals surface area contributed by atoms with E-state index in [4.69, 9.17) is 5.73 Å². The summed E-state index contributed by atoms with van der Waals surface area (Å²) in [4.78, 5) is 4.07. The number of nitrogens with one attached hydrogen (secondary N) is 1. The van der Waals surface area contributed by atoms with Crippen molar-refractivity contribution in [3.63, 3.8) is 0 Å². The molecule has 0 bridgehead atoms. The molecule has 2 unspecified atom stereocenters. The SMILES string of the molecule is CC1CCCC(Nc2snc(N)c2-c2ccncc2)CC1. The third-order valence-corrected chi connectivity index (χ3v) is 5.07. The highest BCUT2D eigenvalue weighted by molar-refractivity contribution is 7.11. The number of nitrogens with two attached hydrogens (primary N) is 1. The second kappa shape index (κ2) is 6.43. The Balaban J connectivity index is 1.80. The Hall–Kier alpha value is -1.62. The highest BCUT2D eigenvalue weighted by Gasteiger charge is 2.20. The summed E-state index contributed by atoms with van der Waals surface area (Å²) in [5, 5.41) is 4.78. The fourth-order valence-electron chi connectivity index (χ4n) is 3.02. The van der Waals surface area contributed by atoms with Crippen molar-refractivity contribution in [3.8, 4) is 11.1 Å². The van der Waals surface area contributed by atoms with E-state index in [0.717, 1.165) is 22.0 Å². The molecule has 0 aliphatic heterocycles. The number of nitrogen functional groups attached to an aromatic ring is 1. The van der Waals surface area contributed by atoms with Gasteiger partial charge in [-0.15, -0.1) is 0 Å². The number of anilines is 2. The van der Waals surface area contributed by atoms with E-state index in [9.17, 15) is 0 Å². The highest BCUT2D eigenvalue weighted by Crippen LogP contribution is 2.38. The molecule has 3 rings (SSSR count). The maximum atomic E-state index is 6.07. The van der Waals surface area contributed by atoms with Crippen LogP contribution in [0.3, 0.4) is 0 Å². The van der Waals surface area contributed by atoms with Crippen LogP contribution in [-0.4, -0.2) is 15.4 Å². The first-order chi connectivity index (χ1) is 10.2. The Morgan fingerprint density at radius 3 is 2.81 bits per heavy atom. The van der Waals surface area contributed by atoms with E-state index < -0.39 is 0 Å². The largest absolute Gasteiger partial charge is 0.382 e. The lowest BCUT2D eigenvalue weighted by atomic mass is 10.0. The van der Waals surface area contributed by atoms with Gasteiger partial charge in [-0.05, 0) is 54.4 Å². The Kier molecular flexibility index (Phi) is 4.39. The number of hydrogen-bond donors (Lipinski definition) is 2. The average Bonchev–Trinajstić information content (AvgIpc) is 2.72. The van der Waals surface area contributed by atoms with Gasteiger partial charge >= 0.3 is 0 Å². The van der Waals surface area contributed by atoms with Crippen molar-refractivity contribution < 1.29 is 0 Å². The summed E-state index contributed by atoms with van der Waals surface area (Å²) in [6, 6.07) is 4.51. The van der Waals surface area contributed by atoms with E-state index in [0.29, 0.717) is 11.9 Å². The van der Waals surface area contributed by atoms with Crippen LogP contribution in [-0.2, 0) is 0 Å². The molecule has 112 valence electrons. The molecule has 1 fully saturated rings. The minimum atomic E-state index is 0.537. The van der Waals surface area contributed by atoms with Gasteiger partial charge in [0.15, 0.2) is 0 Å². The maximum Gasteiger partial charge on any atom is 0.147 e. The van der Waals surface area contributed by atoms with Crippen LogP contribution in [0.15, 0.2) is 24.5 Å².